The van der Waals surface area contributed by atoms with E-state index in [-0.39, 0.29) is 6.04 Å². The molecule has 78 valence electrons. The van der Waals surface area contributed by atoms with E-state index >= 15 is 0 Å². The largest absolute Gasteiger partial charge is 0.334 e. The third kappa shape index (κ3) is 1.89. The van der Waals surface area contributed by atoms with E-state index in [2.05, 4.69) is 16.9 Å². The quantitative estimate of drug-likeness (QED) is 0.817. The molecule has 1 unspecified atom stereocenters. The molecule has 1 atom stereocenters. The molecular formula is C11H14N4. The van der Waals surface area contributed by atoms with Gasteiger partial charge in [-0.2, -0.15) is 0 Å². The van der Waals surface area contributed by atoms with Gasteiger partial charge in [0.05, 0.1) is 6.04 Å². The Bertz CT molecular complexity index is 421. The fourth-order valence-electron chi connectivity index (χ4n) is 1.58. The summed E-state index contributed by atoms with van der Waals surface area (Å²) < 4.78 is 2.04. The summed E-state index contributed by atoms with van der Waals surface area (Å²) in [6.45, 7) is 2.95. The minimum Gasteiger partial charge on any atom is -0.334 e. The molecule has 4 nitrogen and oxygen atoms in total. The fraction of sp³-hybridized carbons (Fsp3) is 0.273. The zero-order valence-corrected chi connectivity index (χ0v) is 8.67. The molecule has 0 saturated carbocycles. The molecule has 0 aliphatic heterocycles. The van der Waals surface area contributed by atoms with Gasteiger partial charge in [0.25, 0.3) is 0 Å². The van der Waals surface area contributed by atoms with Gasteiger partial charge in [-0.05, 0) is 18.6 Å². The van der Waals surface area contributed by atoms with E-state index in [0.29, 0.717) is 0 Å². The molecule has 0 bridgehead atoms. The van der Waals surface area contributed by atoms with Crippen molar-refractivity contribution in [1.82, 2.24) is 14.5 Å². The van der Waals surface area contributed by atoms with Crippen LogP contribution >= 0.6 is 0 Å². The van der Waals surface area contributed by atoms with E-state index in [1.165, 1.54) is 0 Å². The summed E-state index contributed by atoms with van der Waals surface area (Å²) in [5.41, 5.74) is 7.10. The Labute approximate surface area is 88.8 Å². The van der Waals surface area contributed by atoms with E-state index in [9.17, 15) is 0 Å². The van der Waals surface area contributed by atoms with Crippen molar-refractivity contribution in [1.29, 1.82) is 0 Å². The molecule has 2 aromatic rings. The average molecular weight is 202 g/mol. The SMILES string of the molecule is CCn1ccnc1C(N)c1cccnc1. The Balaban J connectivity index is 2.32. The molecule has 0 amide bonds. The second-order valence-electron chi connectivity index (χ2n) is 3.34. The molecule has 2 rings (SSSR count). The maximum atomic E-state index is 6.11. The number of nitrogens with zero attached hydrogens (tertiary/aromatic N) is 3. The first kappa shape index (κ1) is 9.86. The lowest BCUT2D eigenvalue weighted by molar-refractivity contribution is 0.655. The highest BCUT2D eigenvalue weighted by Gasteiger charge is 2.13. The number of aryl methyl sites for hydroxylation is 1. The highest BCUT2D eigenvalue weighted by Crippen LogP contribution is 2.16. The second kappa shape index (κ2) is 4.23. The van der Waals surface area contributed by atoms with Crippen molar-refractivity contribution < 1.29 is 0 Å². The van der Waals surface area contributed by atoms with Gasteiger partial charge in [-0.15, -0.1) is 0 Å². The lowest BCUT2D eigenvalue weighted by Crippen LogP contribution is -2.17. The predicted molar refractivity (Wildman–Crippen MR) is 58.2 cm³/mol. The highest BCUT2D eigenvalue weighted by molar-refractivity contribution is 5.21. The summed E-state index contributed by atoms with van der Waals surface area (Å²) >= 11 is 0. The minimum absolute atomic E-state index is 0.200. The fourth-order valence-corrected chi connectivity index (χ4v) is 1.58. The van der Waals surface area contributed by atoms with Crippen LogP contribution in [-0.2, 0) is 6.54 Å². The Morgan fingerprint density at radius 1 is 1.47 bits per heavy atom. The van der Waals surface area contributed by atoms with E-state index in [1.807, 2.05) is 22.9 Å². The summed E-state index contributed by atoms with van der Waals surface area (Å²) in [6.07, 6.45) is 7.22. The Kier molecular flexibility index (Phi) is 2.78. The average Bonchev–Trinajstić information content (AvgIpc) is 2.77. The number of hydrogen-bond donors (Lipinski definition) is 1. The van der Waals surface area contributed by atoms with Crippen LogP contribution in [0.15, 0.2) is 36.9 Å². The van der Waals surface area contributed by atoms with E-state index in [0.717, 1.165) is 17.9 Å². The molecule has 2 heterocycles. The number of nitrogens with two attached hydrogens (primary N) is 1. The van der Waals surface area contributed by atoms with E-state index < -0.39 is 0 Å². The monoisotopic (exact) mass is 202 g/mol. The van der Waals surface area contributed by atoms with Gasteiger partial charge in [-0.1, -0.05) is 6.07 Å². The first-order chi connectivity index (χ1) is 7.33. The minimum atomic E-state index is -0.200. The normalized spacial score (nSPS) is 12.7. The number of rotatable bonds is 3. The lowest BCUT2D eigenvalue weighted by atomic mass is 10.1. The predicted octanol–water partition coefficient (Wildman–Crippen LogP) is 1.35. The molecule has 2 aromatic heterocycles. The maximum absolute atomic E-state index is 6.11. The maximum Gasteiger partial charge on any atom is 0.130 e. The molecule has 15 heavy (non-hydrogen) atoms. The first-order valence-electron chi connectivity index (χ1n) is 4.99. The Hall–Kier alpha value is -1.68. The van der Waals surface area contributed by atoms with Gasteiger partial charge in [0.2, 0.25) is 0 Å². The van der Waals surface area contributed by atoms with Crippen LogP contribution in [0.1, 0.15) is 24.4 Å². The molecule has 0 aliphatic rings. The Morgan fingerprint density at radius 3 is 3.00 bits per heavy atom. The third-order valence-electron chi connectivity index (χ3n) is 2.41. The molecule has 0 spiro atoms. The van der Waals surface area contributed by atoms with Gasteiger partial charge >= 0.3 is 0 Å². The van der Waals surface area contributed by atoms with Crippen LogP contribution in [0.25, 0.3) is 0 Å². The molecule has 0 aromatic carbocycles. The summed E-state index contributed by atoms with van der Waals surface area (Å²) in [5.74, 6) is 0.880. The van der Waals surface area contributed by atoms with Gasteiger partial charge in [0.15, 0.2) is 0 Å². The second-order valence-corrected chi connectivity index (χ2v) is 3.34. The van der Waals surface area contributed by atoms with Gasteiger partial charge in [0, 0.05) is 31.3 Å². The van der Waals surface area contributed by atoms with Crippen molar-refractivity contribution in [2.75, 3.05) is 0 Å². The van der Waals surface area contributed by atoms with Crippen LogP contribution in [0.4, 0.5) is 0 Å². The van der Waals surface area contributed by atoms with E-state index in [4.69, 9.17) is 5.73 Å². The molecular weight excluding hydrogens is 188 g/mol. The van der Waals surface area contributed by atoms with Crippen LogP contribution in [0.2, 0.25) is 0 Å². The van der Waals surface area contributed by atoms with Crippen LogP contribution in [0.3, 0.4) is 0 Å². The zero-order valence-electron chi connectivity index (χ0n) is 8.67. The zero-order chi connectivity index (χ0) is 10.7. The third-order valence-corrected chi connectivity index (χ3v) is 2.41. The number of imidazole rings is 1. The van der Waals surface area contributed by atoms with Gasteiger partial charge in [0.1, 0.15) is 5.82 Å². The number of aromatic nitrogens is 3. The number of hydrogen-bond acceptors (Lipinski definition) is 3. The summed E-state index contributed by atoms with van der Waals surface area (Å²) in [5, 5.41) is 0. The Morgan fingerprint density at radius 2 is 2.33 bits per heavy atom. The van der Waals surface area contributed by atoms with E-state index in [1.54, 1.807) is 18.6 Å². The smallest absolute Gasteiger partial charge is 0.130 e. The standard InChI is InChI=1S/C11H14N4/c1-2-15-7-6-14-11(15)10(12)9-4-3-5-13-8-9/h3-8,10H,2,12H2,1H3. The lowest BCUT2D eigenvalue weighted by Gasteiger charge is -2.12. The summed E-state index contributed by atoms with van der Waals surface area (Å²) in [7, 11) is 0. The molecule has 0 saturated heterocycles. The molecule has 0 fully saturated rings. The van der Waals surface area contributed by atoms with Crippen LogP contribution in [0, 0.1) is 0 Å². The molecule has 0 radical (unpaired) electrons. The first-order valence-corrected chi connectivity index (χ1v) is 4.99. The van der Waals surface area contributed by atoms with Gasteiger partial charge in [-0.25, -0.2) is 4.98 Å². The number of pyridine rings is 1. The van der Waals surface area contributed by atoms with Crippen LogP contribution in [0.5, 0.6) is 0 Å². The highest BCUT2D eigenvalue weighted by atomic mass is 15.1. The van der Waals surface area contributed by atoms with Gasteiger partial charge in [-0.3, -0.25) is 4.98 Å². The van der Waals surface area contributed by atoms with Crippen molar-refractivity contribution in [3.05, 3.63) is 48.3 Å². The van der Waals surface area contributed by atoms with Crippen molar-refractivity contribution >= 4 is 0 Å². The van der Waals surface area contributed by atoms with Crippen molar-refractivity contribution in [2.45, 2.75) is 19.5 Å². The summed E-state index contributed by atoms with van der Waals surface area (Å²) in [4.78, 5) is 8.33. The molecule has 4 heteroatoms. The van der Waals surface area contributed by atoms with Crippen LogP contribution in [-0.4, -0.2) is 14.5 Å². The van der Waals surface area contributed by atoms with Crippen molar-refractivity contribution in [3.63, 3.8) is 0 Å². The molecule has 2 N–H and O–H groups in total. The van der Waals surface area contributed by atoms with Gasteiger partial charge < -0.3 is 10.3 Å². The van der Waals surface area contributed by atoms with Crippen molar-refractivity contribution in [2.24, 2.45) is 5.73 Å². The topological polar surface area (TPSA) is 56.7 Å². The van der Waals surface area contributed by atoms with Crippen molar-refractivity contribution in [3.8, 4) is 0 Å². The molecule has 0 aliphatic carbocycles. The summed E-state index contributed by atoms with van der Waals surface area (Å²) in [6, 6.07) is 3.65. The van der Waals surface area contributed by atoms with Crippen LogP contribution < -0.4 is 5.73 Å².